The molecule has 0 aliphatic carbocycles. The first-order valence-electron chi connectivity index (χ1n) is 8.65. The number of furan rings is 1. The van der Waals surface area contributed by atoms with Crippen molar-refractivity contribution in [3.8, 4) is 5.75 Å². The van der Waals surface area contributed by atoms with Crippen LogP contribution in [0.5, 0.6) is 5.75 Å². The molecule has 0 radical (unpaired) electrons. The Labute approximate surface area is 168 Å². The van der Waals surface area contributed by atoms with Crippen LogP contribution in [-0.2, 0) is 15.8 Å². The number of hydrogen-bond donors (Lipinski definition) is 0. The lowest BCUT2D eigenvalue weighted by Gasteiger charge is -2.06. The summed E-state index contributed by atoms with van der Waals surface area (Å²) in [4.78, 5) is 1.04. The largest absolute Gasteiger partial charge is 0.497 e. The average molecular weight is 414 g/mol. The maximum absolute atomic E-state index is 13.1. The van der Waals surface area contributed by atoms with Gasteiger partial charge >= 0.3 is 0 Å². The van der Waals surface area contributed by atoms with Crippen molar-refractivity contribution in [2.75, 3.05) is 7.11 Å². The molecule has 0 aliphatic rings. The van der Waals surface area contributed by atoms with E-state index in [4.69, 9.17) is 9.15 Å². The number of ether oxygens (including phenoxy) is 1. The third-order valence-corrected chi connectivity index (χ3v) is 7.24. The highest BCUT2D eigenvalue weighted by molar-refractivity contribution is 7.98. The molecule has 144 valence electrons. The van der Waals surface area contributed by atoms with Crippen molar-refractivity contribution in [1.29, 1.82) is 0 Å². The van der Waals surface area contributed by atoms with Gasteiger partial charge in [0, 0.05) is 18.0 Å². The van der Waals surface area contributed by atoms with Gasteiger partial charge in [-0.1, -0.05) is 29.8 Å². The first-order valence-corrected chi connectivity index (χ1v) is 11.1. The van der Waals surface area contributed by atoms with Crippen LogP contribution in [-0.4, -0.2) is 19.5 Å². The molecule has 0 saturated heterocycles. The lowest BCUT2D eigenvalue weighted by Crippen LogP contribution is -2.11. The third-order valence-electron chi connectivity index (χ3n) is 4.47. The molecule has 28 heavy (non-hydrogen) atoms. The minimum Gasteiger partial charge on any atom is -0.497 e. The second-order valence-corrected chi connectivity index (χ2v) is 9.21. The van der Waals surface area contributed by atoms with Gasteiger partial charge in [0.25, 0.3) is 10.0 Å². The summed E-state index contributed by atoms with van der Waals surface area (Å²) < 4.78 is 38.3. The molecule has 5 nitrogen and oxygen atoms in total. The summed E-state index contributed by atoms with van der Waals surface area (Å²) in [6.45, 7) is 1.92. The molecule has 7 heteroatoms. The van der Waals surface area contributed by atoms with Crippen molar-refractivity contribution < 1.29 is 17.6 Å². The zero-order chi connectivity index (χ0) is 19.7. The van der Waals surface area contributed by atoms with Crippen LogP contribution in [0.15, 0.2) is 81.3 Å². The van der Waals surface area contributed by atoms with Crippen LogP contribution < -0.4 is 4.74 Å². The minimum atomic E-state index is -3.70. The van der Waals surface area contributed by atoms with E-state index in [-0.39, 0.29) is 4.90 Å². The van der Waals surface area contributed by atoms with Crippen molar-refractivity contribution in [2.45, 2.75) is 22.5 Å². The van der Waals surface area contributed by atoms with Crippen LogP contribution in [0.25, 0.3) is 11.1 Å². The number of thioether (sulfide) groups is 1. The van der Waals surface area contributed by atoms with Gasteiger partial charge < -0.3 is 9.15 Å². The molecule has 0 saturated carbocycles. The Morgan fingerprint density at radius 3 is 2.43 bits per heavy atom. The Morgan fingerprint density at radius 1 is 1.04 bits per heavy atom. The van der Waals surface area contributed by atoms with Crippen molar-refractivity contribution in [3.05, 3.63) is 78.2 Å². The van der Waals surface area contributed by atoms with E-state index < -0.39 is 10.0 Å². The lowest BCUT2D eigenvalue weighted by molar-refractivity contribution is 0.414. The Kier molecular flexibility index (Phi) is 4.95. The molecule has 0 aliphatic heterocycles. The second kappa shape index (κ2) is 7.41. The highest BCUT2D eigenvalue weighted by Crippen LogP contribution is 2.35. The van der Waals surface area contributed by atoms with Crippen LogP contribution in [0.3, 0.4) is 0 Å². The molecule has 0 N–H and O–H groups in total. The maximum atomic E-state index is 13.1. The third kappa shape index (κ3) is 3.43. The number of benzene rings is 2. The van der Waals surface area contributed by atoms with E-state index in [0.717, 1.165) is 21.8 Å². The summed E-state index contributed by atoms with van der Waals surface area (Å²) >= 11 is 1.54. The number of aryl methyl sites for hydroxylation is 1. The zero-order valence-electron chi connectivity index (χ0n) is 15.5. The predicted octanol–water partition coefficient (Wildman–Crippen LogP) is 5.08. The summed E-state index contributed by atoms with van der Waals surface area (Å²) in [7, 11) is -2.06. The van der Waals surface area contributed by atoms with Crippen LogP contribution in [0, 0.1) is 6.92 Å². The summed E-state index contributed by atoms with van der Waals surface area (Å²) in [5.41, 5.74) is 3.24. The molecule has 0 bridgehead atoms. The maximum Gasteiger partial charge on any atom is 0.268 e. The molecule has 4 rings (SSSR count). The number of fused-ring (bicyclic) bond motifs is 1. The highest BCUT2D eigenvalue weighted by Gasteiger charge is 2.23. The Balaban J connectivity index is 1.66. The number of rotatable bonds is 6. The number of methoxy groups -OCH3 is 1. The van der Waals surface area contributed by atoms with Crippen LogP contribution in [0.4, 0.5) is 0 Å². The molecule has 4 aromatic rings. The van der Waals surface area contributed by atoms with Gasteiger partial charge in [0.05, 0.1) is 23.2 Å². The van der Waals surface area contributed by atoms with Crippen LogP contribution in [0.2, 0.25) is 0 Å². The van der Waals surface area contributed by atoms with E-state index in [1.54, 1.807) is 43.6 Å². The SMILES string of the molecule is COc1ccc(CSc2cn(S(=O)(=O)c3ccc(C)cc3)c3ccoc23)cc1. The first-order chi connectivity index (χ1) is 13.5. The van der Waals surface area contributed by atoms with Gasteiger partial charge in [0.2, 0.25) is 0 Å². The fraction of sp³-hybridized carbons (Fsp3) is 0.143. The van der Waals surface area contributed by atoms with Crippen molar-refractivity contribution in [3.63, 3.8) is 0 Å². The van der Waals surface area contributed by atoms with Gasteiger partial charge in [-0.05, 0) is 36.8 Å². The minimum absolute atomic E-state index is 0.253. The lowest BCUT2D eigenvalue weighted by atomic mass is 10.2. The van der Waals surface area contributed by atoms with E-state index in [1.165, 1.54) is 22.0 Å². The summed E-state index contributed by atoms with van der Waals surface area (Å²) in [6.07, 6.45) is 3.15. The summed E-state index contributed by atoms with van der Waals surface area (Å²) in [5, 5.41) is 0. The number of aromatic nitrogens is 1. The molecule has 0 unspecified atom stereocenters. The number of nitrogens with zero attached hydrogens (tertiary/aromatic N) is 1. The van der Waals surface area contributed by atoms with Crippen molar-refractivity contribution >= 4 is 32.9 Å². The fourth-order valence-electron chi connectivity index (χ4n) is 2.90. The molecular weight excluding hydrogens is 394 g/mol. The molecule has 0 atom stereocenters. The Bertz CT molecular complexity index is 1200. The van der Waals surface area contributed by atoms with E-state index >= 15 is 0 Å². The highest BCUT2D eigenvalue weighted by atomic mass is 32.2. The van der Waals surface area contributed by atoms with Crippen LogP contribution >= 0.6 is 11.8 Å². The molecule has 2 aromatic heterocycles. The zero-order valence-corrected chi connectivity index (χ0v) is 17.1. The van der Waals surface area contributed by atoms with Gasteiger partial charge in [-0.15, -0.1) is 11.8 Å². The quantitative estimate of drug-likeness (QED) is 0.413. The summed E-state index contributed by atoms with van der Waals surface area (Å²) in [6, 6.07) is 16.3. The van der Waals surface area contributed by atoms with Gasteiger partial charge in [-0.3, -0.25) is 0 Å². The monoisotopic (exact) mass is 413 g/mol. The van der Waals surface area contributed by atoms with Gasteiger partial charge in [0.15, 0.2) is 5.58 Å². The standard InChI is InChI=1S/C21H19NO4S2/c1-15-3-9-18(10-4-15)28(23,24)22-13-20(21-19(22)11-12-26-21)27-14-16-5-7-17(25-2)8-6-16/h3-13H,14H2,1-2H3. The van der Waals surface area contributed by atoms with E-state index in [0.29, 0.717) is 16.9 Å². The topological polar surface area (TPSA) is 61.4 Å². The molecular formula is C21H19NO4S2. The normalized spacial score (nSPS) is 11.8. The van der Waals surface area contributed by atoms with Crippen molar-refractivity contribution in [2.24, 2.45) is 0 Å². The molecule has 0 spiro atoms. The van der Waals surface area contributed by atoms with Crippen LogP contribution in [0.1, 0.15) is 11.1 Å². The number of hydrogen-bond acceptors (Lipinski definition) is 5. The Hall–Kier alpha value is -2.64. The molecule has 0 fully saturated rings. The van der Waals surface area contributed by atoms with Gasteiger partial charge in [-0.2, -0.15) is 0 Å². The smallest absolute Gasteiger partial charge is 0.268 e. The molecule has 2 heterocycles. The second-order valence-electron chi connectivity index (χ2n) is 6.38. The van der Waals surface area contributed by atoms with E-state index in [9.17, 15) is 8.42 Å². The molecule has 2 aromatic carbocycles. The first kappa shape index (κ1) is 18.7. The van der Waals surface area contributed by atoms with Gasteiger partial charge in [0.1, 0.15) is 11.3 Å². The van der Waals surface area contributed by atoms with Gasteiger partial charge in [-0.25, -0.2) is 12.4 Å². The fourth-order valence-corrected chi connectivity index (χ4v) is 5.30. The van der Waals surface area contributed by atoms with E-state index in [1.807, 2.05) is 31.2 Å². The molecule has 0 amide bonds. The van der Waals surface area contributed by atoms with Crippen molar-refractivity contribution in [1.82, 2.24) is 3.97 Å². The Morgan fingerprint density at radius 2 is 1.75 bits per heavy atom. The average Bonchev–Trinajstić information content (AvgIpc) is 3.30. The van der Waals surface area contributed by atoms with E-state index in [2.05, 4.69) is 0 Å². The summed E-state index contributed by atoms with van der Waals surface area (Å²) in [5.74, 6) is 1.49. The predicted molar refractivity (Wildman–Crippen MR) is 111 cm³/mol.